The Kier molecular flexibility index (Phi) is 9.01. The van der Waals surface area contributed by atoms with E-state index >= 15 is 0 Å². The number of nitrogens with one attached hydrogen (secondary N) is 3. The van der Waals surface area contributed by atoms with Crippen molar-refractivity contribution in [1.29, 1.82) is 0 Å². The van der Waals surface area contributed by atoms with Crippen molar-refractivity contribution in [2.24, 2.45) is 5.73 Å². The zero-order valence-corrected chi connectivity index (χ0v) is 18.3. The molecule has 0 aliphatic carbocycles. The van der Waals surface area contributed by atoms with E-state index in [1.165, 1.54) is 7.11 Å². The molecule has 0 unspecified atom stereocenters. The molecule has 0 aliphatic rings. The van der Waals surface area contributed by atoms with Gasteiger partial charge in [-0.1, -0.05) is 13.0 Å². The van der Waals surface area contributed by atoms with Crippen molar-refractivity contribution in [3.63, 3.8) is 0 Å². The number of nitrogens with two attached hydrogens (primary N) is 1. The van der Waals surface area contributed by atoms with Gasteiger partial charge in [0.05, 0.1) is 19.8 Å². The zero-order chi connectivity index (χ0) is 22.8. The summed E-state index contributed by atoms with van der Waals surface area (Å²) in [6.07, 6.45) is 1.21. The smallest absolute Gasteiger partial charge is 0.271 e. The average Bonchev–Trinajstić information content (AvgIpc) is 2.77. The van der Waals surface area contributed by atoms with Crippen molar-refractivity contribution in [2.75, 3.05) is 32.6 Å². The van der Waals surface area contributed by atoms with Crippen LogP contribution in [0.1, 0.15) is 36.5 Å². The molecule has 168 valence electrons. The molecule has 31 heavy (non-hydrogen) atoms. The Morgan fingerprint density at radius 1 is 1.26 bits per heavy atom. The quantitative estimate of drug-likeness (QED) is 0.370. The van der Waals surface area contributed by atoms with E-state index in [1.807, 2.05) is 19.1 Å². The number of ether oxygens (including phenoxy) is 2. The molecule has 1 atom stereocenters. The number of hydrogen-bond acceptors (Lipinski definition) is 8. The molecule has 10 heteroatoms. The largest absolute Gasteiger partial charge is 0.493 e. The molecule has 0 radical (unpaired) electrons. The Labute approximate surface area is 181 Å². The van der Waals surface area contributed by atoms with Crippen molar-refractivity contribution in [3.05, 3.63) is 35.7 Å². The van der Waals surface area contributed by atoms with E-state index in [9.17, 15) is 9.59 Å². The van der Waals surface area contributed by atoms with E-state index in [2.05, 4.69) is 25.9 Å². The van der Waals surface area contributed by atoms with Crippen LogP contribution < -0.4 is 31.2 Å². The summed E-state index contributed by atoms with van der Waals surface area (Å²) in [5.74, 6) is 0.432. The van der Waals surface area contributed by atoms with Gasteiger partial charge < -0.3 is 31.2 Å². The van der Waals surface area contributed by atoms with Crippen LogP contribution in [0.4, 0.5) is 11.5 Å². The van der Waals surface area contributed by atoms with Crippen LogP contribution in [0.25, 0.3) is 0 Å². The van der Waals surface area contributed by atoms with E-state index in [0.717, 1.165) is 0 Å². The lowest BCUT2D eigenvalue weighted by atomic mass is 10.2. The molecule has 5 N–H and O–H groups in total. The second-order valence-corrected chi connectivity index (χ2v) is 6.75. The van der Waals surface area contributed by atoms with Crippen LogP contribution in [0.15, 0.2) is 24.3 Å². The fourth-order valence-corrected chi connectivity index (χ4v) is 2.67. The van der Waals surface area contributed by atoms with Crippen LogP contribution >= 0.6 is 0 Å². The van der Waals surface area contributed by atoms with E-state index in [-0.39, 0.29) is 23.5 Å². The average molecular weight is 431 g/mol. The summed E-state index contributed by atoms with van der Waals surface area (Å²) < 4.78 is 11.0. The molecule has 2 aromatic rings. The molecule has 0 saturated carbocycles. The summed E-state index contributed by atoms with van der Waals surface area (Å²) in [6.45, 7) is 4.63. The first-order chi connectivity index (χ1) is 14.9. The number of anilines is 2. The van der Waals surface area contributed by atoms with Crippen LogP contribution in [0.5, 0.6) is 11.6 Å². The van der Waals surface area contributed by atoms with E-state index in [4.69, 9.17) is 15.2 Å². The van der Waals surface area contributed by atoms with Gasteiger partial charge in [-0.15, -0.1) is 0 Å². The monoisotopic (exact) mass is 430 g/mol. The first-order valence-electron chi connectivity index (χ1n) is 10.1. The summed E-state index contributed by atoms with van der Waals surface area (Å²) in [4.78, 5) is 32.2. The number of hydrogen-bond donors (Lipinski definition) is 4. The number of amides is 2. The molecule has 1 heterocycles. The van der Waals surface area contributed by atoms with Crippen molar-refractivity contribution in [2.45, 2.75) is 32.7 Å². The highest BCUT2D eigenvalue weighted by Crippen LogP contribution is 2.25. The van der Waals surface area contributed by atoms with Crippen molar-refractivity contribution in [1.82, 2.24) is 20.6 Å². The third-order valence-corrected chi connectivity index (χ3v) is 4.51. The molecule has 0 saturated heterocycles. The Morgan fingerprint density at radius 3 is 2.68 bits per heavy atom. The molecule has 2 amide bonds. The molecule has 10 nitrogen and oxygen atoms in total. The number of carbonyl (C=O) groups excluding carboxylic acids is 2. The fraction of sp³-hybridized carbons (Fsp3) is 0.429. The first-order valence-corrected chi connectivity index (χ1v) is 10.1. The number of aromatic nitrogens is 2. The summed E-state index contributed by atoms with van der Waals surface area (Å²) >= 11 is 0. The van der Waals surface area contributed by atoms with Gasteiger partial charge in [-0.25, -0.2) is 4.98 Å². The van der Waals surface area contributed by atoms with Gasteiger partial charge in [-0.05, 0) is 38.9 Å². The third-order valence-electron chi connectivity index (χ3n) is 4.51. The molecule has 2 rings (SSSR count). The molecule has 0 aliphatic heterocycles. The number of aryl methyl sites for hydroxylation is 1. The van der Waals surface area contributed by atoms with E-state index in [0.29, 0.717) is 49.0 Å². The second kappa shape index (κ2) is 11.7. The van der Waals surface area contributed by atoms with Crippen molar-refractivity contribution < 1.29 is 19.1 Å². The number of rotatable bonds is 12. The minimum absolute atomic E-state index is 0.0375. The lowest BCUT2D eigenvalue weighted by Crippen LogP contribution is -2.40. The van der Waals surface area contributed by atoms with Gasteiger partial charge >= 0.3 is 0 Å². The molecule has 0 bridgehead atoms. The summed E-state index contributed by atoms with van der Waals surface area (Å²) in [6, 6.07) is 6.96. The highest BCUT2D eigenvalue weighted by atomic mass is 16.5. The summed E-state index contributed by atoms with van der Waals surface area (Å²) in [7, 11) is 3.23. The van der Waals surface area contributed by atoms with Gasteiger partial charge in [0, 0.05) is 18.3 Å². The minimum Gasteiger partial charge on any atom is -0.493 e. The molecular formula is C21H30N6O4. The minimum atomic E-state index is -0.686. The number of methoxy groups -OCH3 is 1. The Bertz CT molecular complexity index is 905. The van der Waals surface area contributed by atoms with Gasteiger partial charge in [0.25, 0.3) is 5.91 Å². The number of benzene rings is 1. The Morgan fingerprint density at radius 2 is 2.03 bits per heavy atom. The molecular weight excluding hydrogens is 400 g/mol. The highest BCUT2D eigenvalue weighted by molar-refractivity contribution is 5.96. The predicted octanol–water partition coefficient (Wildman–Crippen LogP) is 1.38. The van der Waals surface area contributed by atoms with Crippen LogP contribution in [-0.4, -0.2) is 55.1 Å². The molecule has 1 aromatic heterocycles. The number of likely N-dealkylation sites (N-methyl/N-ethyl adjacent to an activating group) is 1. The number of primary amides is 1. The van der Waals surface area contributed by atoms with Crippen LogP contribution in [0.2, 0.25) is 0 Å². The fourth-order valence-electron chi connectivity index (χ4n) is 2.67. The standard InChI is InChI=1S/C21H30N6O4/c1-5-16-21(30-4)27-19(17(26-16)18(22)28)25-14-8-6-9-15(12-14)31-11-7-10-24-20(29)13(2)23-3/h6,8-9,12-13,23H,5,7,10-11H2,1-4H3,(H2,22,28)(H,24,29)(H,25,27)/t13-/m0/s1. The SMILES string of the molecule is CCc1nc(C(N)=O)c(Nc2cccc(OCCCNC(=O)[C@H](C)NC)c2)nc1OC. The maximum Gasteiger partial charge on any atom is 0.271 e. The summed E-state index contributed by atoms with van der Waals surface area (Å²) in [5.41, 5.74) is 6.71. The number of carbonyl (C=O) groups is 2. The maximum absolute atomic E-state index is 11.8. The van der Waals surface area contributed by atoms with Crippen molar-refractivity contribution in [3.8, 4) is 11.6 Å². The molecule has 0 fully saturated rings. The lowest BCUT2D eigenvalue weighted by molar-refractivity contribution is -0.122. The predicted molar refractivity (Wildman–Crippen MR) is 118 cm³/mol. The van der Waals surface area contributed by atoms with E-state index < -0.39 is 5.91 Å². The summed E-state index contributed by atoms with van der Waals surface area (Å²) in [5, 5.41) is 8.78. The number of nitrogens with zero attached hydrogens (tertiary/aromatic N) is 2. The highest BCUT2D eigenvalue weighted by Gasteiger charge is 2.17. The Hall–Kier alpha value is -3.40. The van der Waals surface area contributed by atoms with Crippen molar-refractivity contribution >= 4 is 23.3 Å². The van der Waals surface area contributed by atoms with Gasteiger partial charge in [0.1, 0.15) is 11.4 Å². The van der Waals surface area contributed by atoms with Crippen LogP contribution in [0.3, 0.4) is 0 Å². The van der Waals surface area contributed by atoms with Gasteiger partial charge in [-0.3, -0.25) is 9.59 Å². The third kappa shape index (κ3) is 6.82. The molecule has 0 spiro atoms. The van der Waals surface area contributed by atoms with Gasteiger partial charge in [0.2, 0.25) is 11.8 Å². The van der Waals surface area contributed by atoms with E-state index in [1.54, 1.807) is 26.1 Å². The van der Waals surface area contributed by atoms with Gasteiger partial charge in [0.15, 0.2) is 11.5 Å². The maximum atomic E-state index is 11.8. The second-order valence-electron chi connectivity index (χ2n) is 6.75. The normalized spacial score (nSPS) is 11.5. The van der Waals surface area contributed by atoms with Gasteiger partial charge in [-0.2, -0.15) is 4.98 Å². The molecule has 1 aromatic carbocycles. The first kappa shape index (κ1) is 23.9. The topological polar surface area (TPSA) is 140 Å². The lowest BCUT2D eigenvalue weighted by Gasteiger charge is -2.14. The van der Waals surface area contributed by atoms with Crippen LogP contribution in [0, 0.1) is 0 Å². The Balaban J connectivity index is 2.01. The zero-order valence-electron chi connectivity index (χ0n) is 18.3. The van der Waals surface area contributed by atoms with Crippen LogP contribution in [-0.2, 0) is 11.2 Å².